The molecule has 0 aliphatic heterocycles. The van der Waals surface area contributed by atoms with Crippen molar-refractivity contribution in [1.82, 2.24) is 9.73 Å². The summed E-state index contributed by atoms with van der Waals surface area (Å²) in [6, 6.07) is 5.84. The second-order valence-corrected chi connectivity index (χ2v) is 8.26. The Bertz CT molecular complexity index is 768. The van der Waals surface area contributed by atoms with E-state index in [9.17, 15) is 18.0 Å². The van der Waals surface area contributed by atoms with Crippen molar-refractivity contribution in [2.75, 3.05) is 12.8 Å². The molecule has 0 saturated heterocycles. The summed E-state index contributed by atoms with van der Waals surface area (Å²) < 4.78 is 25.3. The fraction of sp³-hybridized carbons (Fsp3) is 0.471. The van der Waals surface area contributed by atoms with E-state index < -0.39 is 21.9 Å². The number of amides is 1. The molecular formula is C17H23N3O5S. The second kappa shape index (κ2) is 8.91. The van der Waals surface area contributed by atoms with Crippen LogP contribution in [0.3, 0.4) is 0 Å². The third-order valence-electron chi connectivity index (χ3n) is 4.27. The van der Waals surface area contributed by atoms with Crippen LogP contribution in [0.4, 0.5) is 0 Å². The van der Waals surface area contributed by atoms with E-state index >= 15 is 0 Å². The van der Waals surface area contributed by atoms with Gasteiger partial charge in [0.25, 0.3) is 5.91 Å². The molecule has 0 heterocycles. The molecule has 9 heteroatoms. The van der Waals surface area contributed by atoms with E-state index in [0.29, 0.717) is 5.56 Å². The van der Waals surface area contributed by atoms with Crippen LogP contribution in [-0.4, -0.2) is 54.8 Å². The summed E-state index contributed by atoms with van der Waals surface area (Å²) in [4.78, 5) is 22.9. The van der Waals surface area contributed by atoms with Gasteiger partial charge in [-0.25, -0.2) is 18.6 Å². The van der Waals surface area contributed by atoms with Gasteiger partial charge in [0.05, 0.1) is 24.6 Å². The van der Waals surface area contributed by atoms with Gasteiger partial charge >= 0.3 is 5.97 Å². The number of sulfonamides is 1. The number of carbonyl (C=O) groups excluding carboxylic acids is 1. The number of hydrogen-bond acceptors (Lipinski definition) is 5. The number of aromatic carboxylic acids is 1. The first-order valence-corrected chi connectivity index (χ1v) is 10.2. The molecule has 1 aliphatic rings. The van der Waals surface area contributed by atoms with Crippen molar-refractivity contribution >= 4 is 28.1 Å². The third kappa shape index (κ3) is 5.92. The fourth-order valence-corrected chi connectivity index (χ4v) is 4.06. The first-order valence-electron chi connectivity index (χ1n) is 8.39. The molecule has 0 spiro atoms. The van der Waals surface area contributed by atoms with Crippen LogP contribution in [0.1, 0.15) is 48.0 Å². The largest absolute Gasteiger partial charge is 0.478 e. The van der Waals surface area contributed by atoms with Crippen LogP contribution in [0.2, 0.25) is 0 Å². The zero-order valence-electron chi connectivity index (χ0n) is 14.6. The molecule has 0 aromatic heterocycles. The molecule has 1 aromatic rings. The maximum Gasteiger partial charge on any atom is 0.335 e. The summed E-state index contributed by atoms with van der Waals surface area (Å²) in [6.45, 7) is -0.265. The van der Waals surface area contributed by atoms with E-state index in [0.717, 1.165) is 38.4 Å². The highest BCUT2D eigenvalue weighted by atomic mass is 32.2. The SMILES string of the molecule is CS(=O)(=O)N(CC(=O)N/N=C/c1ccc(C(=O)O)cc1)C1CCCCC1. The lowest BCUT2D eigenvalue weighted by atomic mass is 9.95. The molecule has 1 aliphatic carbocycles. The van der Waals surface area contributed by atoms with Crippen LogP contribution in [0.15, 0.2) is 29.4 Å². The highest BCUT2D eigenvalue weighted by Gasteiger charge is 2.29. The van der Waals surface area contributed by atoms with Gasteiger partial charge in [-0.15, -0.1) is 0 Å². The number of benzene rings is 1. The minimum Gasteiger partial charge on any atom is -0.478 e. The summed E-state index contributed by atoms with van der Waals surface area (Å²) in [5, 5.41) is 12.6. The molecule has 1 amide bonds. The quantitative estimate of drug-likeness (QED) is 0.547. The summed E-state index contributed by atoms with van der Waals surface area (Å²) in [5.41, 5.74) is 3.09. The van der Waals surface area contributed by atoms with E-state index in [1.165, 1.54) is 22.7 Å². The lowest BCUT2D eigenvalue weighted by Crippen LogP contribution is -2.45. The van der Waals surface area contributed by atoms with Gasteiger partial charge in [-0.3, -0.25) is 4.79 Å². The Morgan fingerprint density at radius 1 is 1.23 bits per heavy atom. The van der Waals surface area contributed by atoms with Gasteiger partial charge in [-0.2, -0.15) is 9.41 Å². The van der Waals surface area contributed by atoms with E-state index in [-0.39, 0.29) is 18.2 Å². The standard InChI is InChI=1S/C17H23N3O5S/c1-26(24,25)20(15-5-3-2-4-6-15)12-16(21)19-18-11-13-7-9-14(10-8-13)17(22)23/h7-11,15H,2-6,12H2,1H3,(H,19,21)(H,22,23)/b18-11+. The number of carboxylic acid groups (broad SMARTS) is 1. The molecule has 26 heavy (non-hydrogen) atoms. The van der Waals surface area contributed by atoms with Crippen molar-refractivity contribution in [3.63, 3.8) is 0 Å². The maximum atomic E-state index is 12.1. The lowest BCUT2D eigenvalue weighted by molar-refractivity contribution is -0.121. The van der Waals surface area contributed by atoms with Crippen LogP contribution in [0.25, 0.3) is 0 Å². The number of hydrazone groups is 1. The Morgan fingerprint density at radius 2 is 1.85 bits per heavy atom. The molecule has 0 bridgehead atoms. The maximum absolute atomic E-state index is 12.1. The smallest absolute Gasteiger partial charge is 0.335 e. The van der Waals surface area contributed by atoms with Gasteiger partial charge in [-0.05, 0) is 30.5 Å². The predicted molar refractivity (Wildman–Crippen MR) is 97.6 cm³/mol. The number of rotatable bonds is 7. The van der Waals surface area contributed by atoms with Crippen molar-refractivity contribution < 1.29 is 23.1 Å². The van der Waals surface area contributed by atoms with Gasteiger partial charge < -0.3 is 5.11 Å². The van der Waals surface area contributed by atoms with Crippen molar-refractivity contribution in [2.45, 2.75) is 38.1 Å². The first-order chi connectivity index (χ1) is 12.3. The van der Waals surface area contributed by atoms with Crippen LogP contribution >= 0.6 is 0 Å². The molecule has 1 saturated carbocycles. The topological polar surface area (TPSA) is 116 Å². The number of nitrogens with zero attached hydrogens (tertiary/aromatic N) is 2. The van der Waals surface area contributed by atoms with E-state index in [4.69, 9.17) is 5.11 Å². The number of nitrogens with one attached hydrogen (secondary N) is 1. The van der Waals surface area contributed by atoms with E-state index in [2.05, 4.69) is 10.5 Å². The molecular weight excluding hydrogens is 358 g/mol. The molecule has 1 aromatic carbocycles. The molecule has 2 rings (SSSR count). The first kappa shape index (κ1) is 20.1. The van der Waals surface area contributed by atoms with Gasteiger partial charge in [-0.1, -0.05) is 31.4 Å². The van der Waals surface area contributed by atoms with Crippen LogP contribution in [0, 0.1) is 0 Å². The fourth-order valence-electron chi connectivity index (χ4n) is 2.95. The van der Waals surface area contributed by atoms with Crippen molar-refractivity contribution in [2.24, 2.45) is 5.10 Å². The van der Waals surface area contributed by atoms with E-state index in [1.54, 1.807) is 12.1 Å². The van der Waals surface area contributed by atoms with Gasteiger partial charge in [0.15, 0.2) is 0 Å². The zero-order chi connectivity index (χ0) is 19.2. The van der Waals surface area contributed by atoms with Gasteiger partial charge in [0, 0.05) is 6.04 Å². The van der Waals surface area contributed by atoms with Crippen LogP contribution < -0.4 is 5.43 Å². The number of carbonyl (C=O) groups is 2. The number of hydrogen-bond donors (Lipinski definition) is 2. The van der Waals surface area contributed by atoms with Gasteiger partial charge in [0.2, 0.25) is 10.0 Å². The lowest BCUT2D eigenvalue weighted by Gasteiger charge is -2.31. The Balaban J connectivity index is 1.94. The molecule has 1 fully saturated rings. The minimum atomic E-state index is -3.48. The van der Waals surface area contributed by atoms with Gasteiger partial charge in [0.1, 0.15) is 0 Å². The van der Waals surface area contributed by atoms with Crippen LogP contribution in [0.5, 0.6) is 0 Å². The zero-order valence-corrected chi connectivity index (χ0v) is 15.4. The molecule has 0 radical (unpaired) electrons. The average molecular weight is 381 g/mol. The predicted octanol–water partition coefficient (Wildman–Crippen LogP) is 1.43. The highest BCUT2D eigenvalue weighted by Crippen LogP contribution is 2.24. The summed E-state index contributed by atoms with van der Waals surface area (Å²) >= 11 is 0. The highest BCUT2D eigenvalue weighted by molar-refractivity contribution is 7.88. The molecule has 8 nitrogen and oxygen atoms in total. The van der Waals surface area contributed by atoms with Crippen molar-refractivity contribution in [1.29, 1.82) is 0 Å². The van der Waals surface area contributed by atoms with E-state index in [1.807, 2.05) is 0 Å². The Hall–Kier alpha value is -2.26. The van der Waals surface area contributed by atoms with Crippen LogP contribution in [-0.2, 0) is 14.8 Å². The second-order valence-electron chi connectivity index (χ2n) is 6.32. The Kier molecular flexibility index (Phi) is 6.87. The Labute approximate surface area is 152 Å². The van der Waals surface area contributed by atoms with Crippen molar-refractivity contribution in [3.05, 3.63) is 35.4 Å². The third-order valence-corrected chi connectivity index (χ3v) is 5.55. The summed E-state index contributed by atoms with van der Waals surface area (Å²) in [5.74, 6) is -1.54. The summed E-state index contributed by atoms with van der Waals surface area (Å²) in [7, 11) is -3.48. The molecule has 0 unspecified atom stereocenters. The minimum absolute atomic E-state index is 0.142. The molecule has 142 valence electrons. The average Bonchev–Trinajstić information content (AvgIpc) is 2.60. The number of carboxylic acids is 1. The molecule has 0 atom stereocenters. The summed E-state index contributed by atoms with van der Waals surface area (Å²) in [6.07, 6.45) is 7.02. The van der Waals surface area contributed by atoms with Crippen molar-refractivity contribution in [3.8, 4) is 0 Å². The monoisotopic (exact) mass is 381 g/mol. The Morgan fingerprint density at radius 3 is 2.38 bits per heavy atom. The molecule has 2 N–H and O–H groups in total. The normalized spacial score (nSPS) is 16.1.